The third-order valence-electron chi connectivity index (χ3n) is 1.69. The zero-order valence-corrected chi connectivity index (χ0v) is 9.35. The topological polar surface area (TPSA) is 54.2 Å². The van der Waals surface area contributed by atoms with Crippen LogP contribution in [0.2, 0.25) is 0 Å². The summed E-state index contributed by atoms with van der Waals surface area (Å²) in [5.74, 6) is 0.785. The monoisotopic (exact) mass is 210 g/mol. The zero-order valence-electron chi connectivity index (χ0n) is 8.53. The minimum atomic E-state index is 0.381. The van der Waals surface area contributed by atoms with Crippen molar-refractivity contribution in [3.63, 3.8) is 0 Å². The van der Waals surface area contributed by atoms with Crippen LogP contribution in [-0.2, 0) is 0 Å². The van der Waals surface area contributed by atoms with Crippen LogP contribution in [0.25, 0.3) is 0 Å². The van der Waals surface area contributed by atoms with Crippen LogP contribution in [-0.4, -0.2) is 29.1 Å². The first-order chi connectivity index (χ1) is 6.50. The van der Waals surface area contributed by atoms with Crippen molar-refractivity contribution in [2.75, 3.05) is 19.5 Å². The summed E-state index contributed by atoms with van der Waals surface area (Å²) >= 11 is 4.89. The van der Waals surface area contributed by atoms with Crippen LogP contribution in [0, 0.1) is 6.92 Å². The number of anilines is 1. The van der Waals surface area contributed by atoms with Crippen molar-refractivity contribution < 1.29 is 0 Å². The quantitative estimate of drug-likeness (QED) is 0.574. The Balaban J connectivity index is 2.94. The molecule has 0 saturated heterocycles. The molecule has 0 aliphatic heterocycles. The lowest BCUT2D eigenvalue weighted by Gasteiger charge is -2.13. The van der Waals surface area contributed by atoms with Crippen molar-refractivity contribution in [2.45, 2.75) is 6.92 Å². The molecule has 0 saturated carbocycles. The van der Waals surface area contributed by atoms with Crippen molar-refractivity contribution >= 4 is 23.0 Å². The SMILES string of the molecule is Cc1nc(NN(C)C)ccc1C(N)=S. The van der Waals surface area contributed by atoms with E-state index in [1.165, 1.54) is 0 Å². The normalized spacial score (nSPS) is 10.3. The Morgan fingerprint density at radius 2 is 2.14 bits per heavy atom. The van der Waals surface area contributed by atoms with Gasteiger partial charge in [0.15, 0.2) is 0 Å². The maximum Gasteiger partial charge on any atom is 0.140 e. The number of hydrogen-bond donors (Lipinski definition) is 2. The number of aryl methyl sites for hydroxylation is 1. The molecule has 14 heavy (non-hydrogen) atoms. The molecule has 0 bridgehead atoms. The Hall–Kier alpha value is -1.20. The first-order valence-corrected chi connectivity index (χ1v) is 4.63. The minimum absolute atomic E-state index is 0.381. The van der Waals surface area contributed by atoms with Crippen molar-refractivity contribution in [3.05, 3.63) is 23.4 Å². The van der Waals surface area contributed by atoms with Crippen LogP contribution >= 0.6 is 12.2 Å². The van der Waals surface area contributed by atoms with E-state index in [-0.39, 0.29) is 0 Å². The van der Waals surface area contributed by atoms with E-state index >= 15 is 0 Å². The molecule has 1 rings (SSSR count). The van der Waals surface area contributed by atoms with E-state index in [1.807, 2.05) is 38.2 Å². The summed E-state index contributed by atoms with van der Waals surface area (Å²) in [6.45, 7) is 1.88. The molecular weight excluding hydrogens is 196 g/mol. The molecule has 0 aliphatic rings. The molecule has 0 radical (unpaired) electrons. The van der Waals surface area contributed by atoms with Gasteiger partial charge in [-0.2, -0.15) is 0 Å². The number of nitrogens with one attached hydrogen (secondary N) is 1. The molecule has 1 heterocycles. The molecule has 0 fully saturated rings. The van der Waals surface area contributed by atoms with Gasteiger partial charge in [-0.3, -0.25) is 0 Å². The molecule has 0 amide bonds. The number of rotatable bonds is 3. The lowest BCUT2D eigenvalue weighted by atomic mass is 10.2. The summed E-state index contributed by atoms with van der Waals surface area (Å²) in [4.78, 5) is 4.70. The molecule has 76 valence electrons. The van der Waals surface area contributed by atoms with Gasteiger partial charge in [0.05, 0.1) is 0 Å². The third kappa shape index (κ3) is 2.65. The van der Waals surface area contributed by atoms with Crippen molar-refractivity contribution in [1.82, 2.24) is 9.99 Å². The van der Waals surface area contributed by atoms with E-state index in [1.54, 1.807) is 0 Å². The highest BCUT2D eigenvalue weighted by Gasteiger charge is 2.03. The number of pyridine rings is 1. The largest absolute Gasteiger partial charge is 0.389 e. The highest BCUT2D eigenvalue weighted by Crippen LogP contribution is 2.10. The molecule has 1 aromatic rings. The number of nitrogens with two attached hydrogens (primary N) is 1. The fourth-order valence-electron chi connectivity index (χ4n) is 1.11. The number of hydrogen-bond acceptors (Lipinski definition) is 4. The van der Waals surface area contributed by atoms with Gasteiger partial charge < -0.3 is 11.2 Å². The maximum absolute atomic E-state index is 5.53. The van der Waals surface area contributed by atoms with Gasteiger partial charge >= 0.3 is 0 Å². The Morgan fingerprint density at radius 1 is 1.50 bits per heavy atom. The van der Waals surface area contributed by atoms with Crippen LogP contribution in [0.5, 0.6) is 0 Å². The van der Waals surface area contributed by atoms with E-state index in [2.05, 4.69) is 10.4 Å². The van der Waals surface area contributed by atoms with Gasteiger partial charge in [-0.15, -0.1) is 0 Å². The van der Waals surface area contributed by atoms with Crippen LogP contribution in [0.15, 0.2) is 12.1 Å². The summed E-state index contributed by atoms with van der Waals surface area (Å²) in [5, 5.41) is 1.82. The van der Waals surface area contributed by atoms with E-state index in [0.717, 1.165) is 17.1 Å². The van der Waals surface area contributed by atoms with Crippen molar-refractivity contribution in [1.29, 1.82) is 0 Å². The molecule has 1 aromatic heterocycles. The number of nitrogens with zero attached hydrogens (tertiary/aromatic N) is 2. The molecule has 5 heteroatoms. The zero-order chi connectivity index (χ0) is 10.7. The maximum atomic E-state index is 5.53. The van der Waals surface area contributed by atoms with Crippen molar-refractivity contribution in [3.8, 4) is 0 Å². The molecule has 0 atom stereocenters. The molecule has 0 spiro atoms. The number of thiocarbonyl (C=S) groups is 1. The second-order valence-corrected chi connectivity index (χ2v) is 3.64. The van der Waals surface area contributed by atoms with Crippen LogP contribution < -0.4 is 11.2 Å². The average molecular weight is 210 g/mol. The smallest absolute Gasteiger partial charge is 0.140 e. The Labute approximate surface area is 89.1 Å². The van der Waals surface area contributed by atoms with Crippen LogP contribution in [0.4, 0.5) is 5.82 Å². The average Bonchev–Trinajstić information content (AvgIpc) is 2.01. The Bertz CT molecular complexity index is 349. The third-order valence-corrected chi connectivity index (χ3v) is 1.91. The molecule has 0 unspecified atom stereocenters. The molecule has 0 aliphatic carbocycles. The van der Waals surface area contributed by atoms with Gasteiger partial charge in [0.25, 0.3) is 0 Å². The van der Waals surface area contributed by atoms with E-state index in [0.29, 0.717) is 4.99 Å². The van der Waals surface area contributed by atoms with Gasteiger partial charge in [0, 0.05) is 25.4 Å². The highest BCUT2D eigenvalue weighted by atomic mass is 32.1. The first-order valence-electron chi connectivity index (χ1n) is 4.22. The van der Waals surface area contributed by atoms with Gasteiger partial charge in [0.1, 0.15) is 10.8 Å². The van der Waals surface area contributed by atoms with Gasteiger partial charge in [-0.05, 0) is 19.1 Å². The molecular formula is C9H14N4S. The van der Waals surface area contributed by atoms with E-state index < -0.39 is 0 Å². The fourth-order valence-corrected chi connectivity index (χ4v) is 1.33. The minimum Gasteiger partial charge on any atom is -0.389 e. The van der Waals surface area contributed by atoms with Crippen LogP contribution in [0.1, 0.15) is 11.3 Å². The first kappa shape index (κ1) is 10.9. The predicted octanol–water partition coefficient (Wildman–Crippen LogP) is 0.913. The highest BCUT2D eigenvalue weighted by molar-refractivity contribution is 7.80. The van der Waals surface area contributed by atoms with Gasteiger partial charge in [-0.25, -0.2) is 9.99 Å². The van der Waals surface area contributed by atoms with E-state index in [4.69, 9.17) is 18.0 Å². The van der Waals surface area contributed by atoms with Crippen molar-refractivity contribution in [2.24, 2.45) is 5.73 Å². The fraction of sp³-hybridized carbons (Fsp3) is 0.333. The summed E-state index contributed by atoms with van der Waals surface area (Å²) in [7, 11) is 3.80. The lowest BCUT2D eigenvalue weighted by molar-refractivity contribution is 0.492. The molecule has 4 nitrogen and oxygen atoms in total. The van der Waals surface area contributed by atoms with E-state index in [9.17, 15) is 0 Å². The lowest BCUT2D eigenvalue weighted by Crippen LogP contribution is -2.21. The Morgan fingerprint density at radius 3 is 2.57 bits per heavy atom. The standard InChI is InChI=1S/C9H14N4S/c1-6-7(9(10)14)4-5-8(11-6)12-13(2)3/h4-5H,1-3H3,(H2,10,14)(H,11,12). The summed E-state index contributed by atoms with van der Waals surface area (Å²) in [6.07, 6.45) is 0. The van der Waals surface area contributed by atoms with Gasteiger partial charge in [-0.1, -0.05) is 12.2 Å². The van der Waals surface area contributed by atoms with Crippen LogP contribution in [0.3, 0.4) is 0 Å². The second kappa shape index (κ2) is 4.34. The summed E-state index contributed by atoms with van der Waals surface area (Å²) < 4.78 is 0. The summed E-state index contributed by atoms with van der Waals surface area (Å²) in [5.41, 5.74) is 10.2. The predicted molar refractivity (Wildman–Crippen MR) is 62.2 cm³/mol. The molecule has 3 N–H and O–H groups in total. The summed E-state index contributed by atoms with van der Waals surface area (Å²) in [6, 6.07) is 3.72. The number of aromatic nitrogens is 1. The Kier molecular flexibility index (Phi) is 3.38. The molecule has 0 aromatic carbocycles. The second-order valence-electron chi connectivity index (χ2n) is 3.20. The number of hydrazine groups is 1. The van der Waals surface area contributed by atoms with Gasteiger partial charge in [0.2, 0.25) is 0 Å².